The van der Waals surface area contributed by atoms with Crippen molar-refractivity contribution in [3.63, 3.8) is 0 Å². The highest BCUT2D eigenvalue weighted by Gasteiger charge is 2.12. The molecule has 0 aliphatic carbocycles. The smallest absolute Gasteiger partial charge is 0.170 e. The van der Waals surface area contributed by atoms with Gasteiger partial charge < -0.3 is 9.26 Å². The van der Waals surface area contributed by atoms with Crippen LogP contribution in [-0.4, -0.2) is 17.1 Å². The fourth-order valence-corrected chi connectivity index (χ4v) is 2.12. The van der Waals surface area contributed by atoms with Gasteiger partial charge in [-0.05, 0) is 13.0 Å². The quantitative estimate of drug-likeness (QED) is 0.806. The van der Waals surface area contributed by atoms with Crippen LogP contribution >= 0.6 is 27.5 Å². The van der Waals surface area contributed by atoms with Gasteiger partial charge in [-0.15, -0.1) is 0 Å². The summed E-state index contributed by atoms with van der Waals surface area (Å²) in [5.74, 6) is 0.637. The molecule has 0 aliphatic rings. The van der Waals surface area contributed by atoms with Crippen molar-refractivity contribution in [3.8, 4) is 5.75 Å². The summed E-state index contributed by atoms with van der Waals surface area (Å²) in [6, 6.07) is 3.63. The average Bonchev–Trinajstić information content (AvgIpc) is 2.63. The molecule has 0 saturated heterocycles. The number of benzene rings is 1. The Morgan fingerprint density at radius 3 is 3.00 bits per heavy atom. The molecule has 1 heterocycles. The Bertz CT molecular complexity index is 498. The fourth-order valence-electron chi connectivity index (χ4n) is 1.53. The lowest BCUT2D eigenvalue weighted by atomic mass is 10.2. The molecule has 0 amide bonds. The Labute approximate surface area is 107 Å². The molecular formula is C11H11BrClNO2. The van der Waals surface area contributed by atoms with E-state index in [2.05, 4.69) is 21.1 Å². The second kappa shape index (κ2) is 5.06. The third-order valence-corrected chi connectivity index (χ3v) is 2.92. The van der Waals surface area contributed by atoms with Gasteiger partial charge in [-0.25, -0.2) is 0 Å². The van der Waals surface area contributed by atoms with Crippen LogP contribution in [-0.2, 0) is 6.42 Å². The molecule has 0 N–H and O–H groups in total. The number of fused-ring (bicyclic) bond motifs is 1. The van der Waals surface area contributed by atoms with Crippen LogP contribution in [0.5, 0.6) is 5.75 Å². The standard InChI is InChI=1S/C11H11BrClNO2/c1-2-15-11-6-10-7(5-8(11)13)9(3-4-12)14-16-10/h5-6H,2-4H2,1H3. The van der Waals surface area contributed by atoms with Crippen LogP contribution < -0.4 is 4.74 Å². The Balaban J connectivity index is 2.48. The largest absolute Gasteiger partial charge is 0.492 e. The van der Waals surface area contributed by atoms with Crippen molar-refractivity contribution >= 4 is 38.5 Å². The first-order valence-corrected chi connectivity index (χ1v) is 6.52. The van der Waals surface area contributed by atoms with Gasteiger partial charge in [-0.3, -0.25) is 0 Å². The highest BCUT2D eigenvalue weighted by atomic mass is 79.9. The van der Waals surface area contributed by atoms with E-state index in [4.69, 9.17) is 20.9 Å². The minimum Gasteiger partial charge on any atom is -0.492 e. The van der Waals surface area contributed by atoms with Gasteiger partial charge in [0.1, 0.15) is 5.75 Å². The van der Waals surface area contributed by atoms with Gasteiger partial charge in [0.2, 0.25) is 0 Å². The highest BCUT2D eigenvalue weighted by molar-refractivity contribution is 9.09. The molecule has 2 rings (SSSR count). The number of ether oxygens (including phenoxy) is 1. The number of halogens is 2. The molecule has 0 atom stereocenters. The van der Waals surface area contributed by atoms with E-state index in [1.807, 2.05) is 13.0 Å². The fraction of sp³-hybridized carbons (Fsp3) is 0.364. The predicted octanol–water partition coefficient (Wildman–Crippen LogP) is 3.82. The number of aromatic nitrogens is 1. The van der Waals surface area contributed by atoms with E-state index in [-0.39, 0.29) is 0 Å². The molecule has 0 radical (unpaired) electrons. The lowest BCUT2D eigenvalue weighted by molar-refractivity contribution is 0.340. The molecule has 16 heavy (non-hydrogen) atoms. The predicted molar refractivity (Wildman–Crippen MR) is 67.7 cm³/mol. The van der Waals surface area contributed by atoms with Crippen molar-refractivity contribution in [1.82, 2.24) is 5.16 Å². The molecule has 86 valence electrons. The summed E-state index contributed by atoms with van der Waals surface area (Å²) in [7, 11) is 0. The second-order valence-corrected chi connectivity index (χ2v) is 4.48. The zero-order valence-electron chi connectivity index (χ0n) is 8.80. The molecule has 0 spiro atoms. The van der Waals surface area contributed by atoms with Crippen molar-refractivity contribution in [2.75, 3.05) is 11.9 Å². The van der Waals surface area contributed by atoms with Crippen molar-refractivity contribution in [3.05, 3.63) is 22.8 Å². The van der Waals surface area contributed by atoms with Crippen molar-refractivity contribution in [2.45, 2.75) is 13.3 Å². The third kappa shape index (κ3) is 2.18. The summed E-state index contributed by atoms with van der Waals surface area (Å²) in [4.78, 5) is 0. The zero-order chi connectivity index (χ0) is 11.5. The molecule has 5 heteroatoms. The number of alkyl halides is 1. The van der Waals surface area contributed by atoms with Crippen LogP contribution in [0.25, 0.3) is 11.0 Å². The van der Waals surface area contributed by atoms with E-state index in [0.717, 1.165) is 22.8 Å². The van der Waals surface area contributed by atoms with Crippen LogP contribution in [0.3, 0.4) is 0 Å². The van der Waals surface area contributed by atoms with Gasteiger partial charge in [0.25, 0.3) is 0 Å². The maximum Gasteiger partial charge on any atom is 0.170 e. The SMILES string of the molecule is CCOc1cc2onc(CCBr)c2cc1Cl. The van der Waals surface area contributed by atoms with Crippen molar-refractivity contribution in [1.29, 1.82) is 0 Å². The summed E-state index contributed by atoms with van der Waals surface area (Å²) in [6.07, 6.45) is 0.817. The topological polar surface area (TPSA) is 35.3 Å². The minimum absolute atomic E-state index is 0.577. The van der Waals surface area contributed by atoms with Gasteiger partial charge >= 0.3 is 0 Å². The van der Waals surface area contributed by atoms with E-state index >= 15 is 0 Å². The number of hydrogen-bond donors (Lipinski definition) is 0. The monoisotopic (exact) mass is 303 g/mol. The summed E-state index contributed by atoms with van der Waals surface area (Å²) < 4.78 is 10.6. The van der Waals surface area contributed by atoms with Gasteiger partial charge in [0.15, 0.2) is 5.58 Å². The highest BCUT2D eigenvalue weighted by Crippen LogP contribution is 2.32. The minimum atomic E-state index is 0.577. The molecule has 0 fully saturated rings. The lowest BCUT2D eigenvalue weighted by Crippen LogP contribution is -1.92. The number of aryl methyl sites for hydroxylation is 1. The van der Waals surface area contributed by atoms with Crippen molar-refractivity contribution in [2.24, 2.45) is 0 Å². The maximum atomic E-state index is 6.10. The normalized spacial score (nSPS) is 10.9. The summed E-state index contributed by atoms with van der Waals surface area (Å²) in [5, 5.41) is 6.40. The number of nitrogens with zero attached hydrogens (tertiary/aromatic N) is 1. The lowest BCUT2D eigenvalue weighted by Gasteiger charge is -2.04. The zero-order valence-corrected chi connectivity index (χ0v) is 11.1. The Hall–Kier alpha value is -0.740. The van der Waals surface area contributed by atoms with Crippen LogP contribution in [0, 0.1) is 0 Å². The Morgan fingerprint density at radius 1 is 1.50 bits per heavy atom. The van der Waals surface area contributed by atoms with Crippen LogP contribution in [0.1, 0.15) is 12.6 Å². The van der Waals surface area contributed by atoms with E-state index in [9.17, 15) is 0 Å². The number of hydrogen-bond acceptors (Lipinski definition) is 3. The summed E-state index contributed by atoms with van der Waals surface area (Å²) in [5.41, 5.74) is 1.63. The molecule has 0 bridgehead atoms. The molecular weight excluding hydrogens is 293 g/mol. The van der Waals surface area contributed by atoms with Gasteiger partial charge in [0.05, 0.1) is 17.3 Å². The molecule has 3 nitrogen and oxygen atoms in total. The third-order valence-electron chi connectivity index (χ3n) is 2.23. The maximum absolute atomic E-state index is 6.10. The first-order chi connectivity index (χ1) is 7.76. The van der Waals surface area contributed by atoms with Gasteiger partial charge in [-0.2, -0.15) is 0 Å². The number of rotatable bonds is 4. The van der Waals surface area contributed by atoms with E-state index in [1.54, 1.807) is 6.07 Å². The summed E-state index contributed by atoms with van der Waals surface area (Å²) >= 11 is 9.48. The Kier molecular flexibility index (Phi) is 3.71. The molecule has 2 aromatic rings. The van der Waals surface area contributed by atoms with E-state index in [1.165, 1.54) is 0 Å². The van der Waals surface area contributed by atoms with E-state index in [0.29, 0.717) is 23.0 Å². The molecule has 0 unspecified atom stereocenters. The van der Waals surface area contributed by atoms with E-state index < -0.39 is 0 Å². The van der Waals surface area contributed by atoms with Gasteiger partial charge in [-0.1, -0.05) is 32.7 Å². The van der Waals surface area contributed by atoms with Crippen LogP contribution in [0.2, 0.25) is 5.02 Å². The molecule has 0 saturated carbocycles. The molecule has 0 aliphatic heterocycles. The second-order valence-electron chi connectivity index (χ2n) is 3.28. The Morgan fingerprint density at radius 2 is 2.31 bits per heavy atom. The first-order valence-electron chi connectivity index (χ1n) is 5.02. The van der Waals surface area contributed by atoms with Crippen LogP contribution in [0.4, 0.5) is 0 Å². The summed E-state index contributed by atoms with van der Waals surface area (Å²) in [6.45, 7) is 2.49. The first kappa shape index (κ1) is 11.7. The van der Waals surface area contributed by atoms with Crippen molar-refractivity contribution < 1.29 is 9.26 Å². The average molecular weight is 305 g/mol. The molecule has 1 aromatic heterocycles. The molecule has 1 aromatic carbocycles. The van der Waals surface area contributed by atoms with Gasteiger partial charge in [0, 0.05) is 23.2 Å². The van der Waals surface area contributed by atoms with Crippen LogP contribution in [0.15, 0.2) is 16.7 Å².